The van der Waals surface area contributed by atoms with Crippen molar-refractivity contribution in [3.63, 3.8) is 0 Å². The third-order valence-corrected chi connectivity index (χ3v) is 8.57. The van der Waals surface area contributed by atoms with Gasteiger partial charge in [0.25, 0.3) is 5.95 Å². The van der Waals surface area contributed by atoms with Crippen LogP contribution in [0.2, 0.25) is 0 Å². The Bertz CT molecular complexity index is 1550. The Morgan fingerprint density at radius 2 is 1.76 bits per heavy atom. The van der Waals surface area contributed by atoms with Crippen molar-refractivity contribution in [2.24, 2.45) is 0 Å². The van der Waals surface area contributed by atoms with Gasteiger partial charge in [-0.05, 0) is 53.9 Å². The fourth-order valence-electron chi connectivity index (χ4n) is 4.77. The highest BCUT2D eigenvalue weighted by Gasteiger charge is 2.18. The van der Waals surface area contributed by atoms with Gasteiger partial charge >= 0.3 is 0 Å². The lowest BCUT2D eigenvalue weighted by atomic mass is 10.1. The summed E-state index contributed by atoms with van der Waals surface area (Å²) in [6, 6.07) is 16.4. The van der Waals surface area contributed by atoms with Gasteiger partial charge in [-0.3, -0.25) is 4.21 Å². The topological polar surface area (TPSA) is 67.2 Å². The predicted molar refractivity (Wildman–Crippen MR) is 152 cm³/mol. The molecule has 1 fully saturated rings. The number of anilines is 1. The maximum absolute atomic E-state index is 11.7. The minimum Gasteiger partial charge on any atom is -0.369 e. The molecule has 0 N–H and O–H groups in total. The molecule has 3 aromatic heterocycles. The minimum absolute atomic E-state index is 0.541. The van der Waals surface area contributed by atoms with E-state index in [-0.39, 0.29) is 0 Å². The number of piperazine rings is 1. The first-order valence-corrected chi connectivity index (χ1v) is 14.9. The standard InChI is InChI=1S/C28H28N6OS2/c1-3-32-11-13-33(14-12-32)23-6-9-25-26(16-23)30-28(31-27(25)21-10-15-36-19-21)34-18-22(17-29-34)20-4-7-24(8-5-20)37(2)35/h4-10,15-19H,3,11-14H2,1-2H3. The van der Waals surface area contributed by atoms with Crippen molar-refractivity contribution in [2.75, 3.05) is 43.9 Å². The number of aromatic nitrogens is 4. The molecule has 0 aliphatic carbocycles. The average molecular weight is 529 g/mol. The zero-order valence-corrected chi connectivity index (χ0v) is 22.5. The van der Waals surface area contributed by atoms with Crippen molar-refractivity contribution in [2.45, 2.75) is 11.8 Å². The fourth-order valence-corrected chi connectivity index (χ4v) is 5.93. The number of rotatable bonds is 6. The molecule has 4 heterocycles. The SMILES string of the molecule is CCN1CCN(c2ccc3c(-c4ccsc4)nc(-n4cc(-c5ccc(S(C)=O)cc5)cn4)nc3c2)CC1. The highest BCUT2D eigenvalue weighted by atomic mass is 32.2. The number of hydrogen-bond donors (Lipinski definition) is 0. The van der Waals surface area contributed by atoms with E-state index in [1.165, 1.54) is 5.69 Å². The number of likely N-dealkylation sites (N-methyl/N-ethyl adjacent to an activating group) is 1. The highest BCUT2D eigenvalue weighted by Crippen LogP contribution is 2.31. The zero-order valence-electron chi connectivity index (χ0n) is 20.9. The van der Waals surface area contributed by atoms with E-state index in [1.54, 1.807) is 22.3 Å². The van der Waals surface area contributed by atoms with Gasteiger partial charge in [-0.2, -0.15) is 16.4 Å². The molecule has 1 unspecified atom stereocenters. The second-order valence-electron chi connectivity index (χ2n) is 9.16. The third kappa shape index (κ3) is 4.82. The van der Waals surface area contributed by atoms with Crippen LogP contribution in [-0.2, 0) is 10.8 Å². The second-order valence-corrected chi connectivity index (χ2v) is 11.3. The van der Waals surface area contributed by atoms with E-state index < -0.39 is 10.8 Å². The number of nitrogens with zero attached hydrogens (tertiary/aromatic N) is 6. The van der Waals surface area contributed by atoms with Crippen LogP contribution in [0.4, 0.5) is 5.69 Å². The van der Waals surface area contributed by atoms with Crippen LogP contribution in [0.5, 0.6) is 0 Å². The molecule has 1 aliphatic rings. The van der Waals surface area contributed by atoms with Crippen LogP contribution in [0.25, 0.3) is 39.2 Å². The van der Waals surface area contributed by atoms with Gasteiger partial charge in [0.1, 0.15) is 0 Å². The molecule has 1 saturated heterocycles. The number of hydrogen-bond acceptors (Lipinski definition) is 7. The molecule has 9 heteroatoms. The molecule has 5 aromatic rings. The van der Waals surface area contributed by atoms with Crippen LogP contribution < -0.4 is 4.90 Å². The first-order valence-electron chi connectivity index (χ1n) is 12.4. The van der Waals surface area contributed by atoms with E-state index in [1.807, 2.05) is 36.7 Å². The van der Waals surface area contributed by atoms with Crippen LogP contribution in [0, 0.1) is 0 Å². The van der Waals surface area contributed by atoms with Crippen molar-refractivity contribution in [1.29, 1.82) is 0 Å². The molecule has 7 nitrogen and oxygen atoms in total. The molecule has 6 rings (SSSR count). The van der Waals surface area contributed by atoms with Crippen molar-refractivity contribution < 1.29 is 4.21 Å². The zero-order chi connectivity index (χ0) is 25.4. The Kier molecular flexibility index (Phi) is 6.58. The van der Waals surface area contributed by atoms with Gasteiger partial charge in [-0.25, -0.2) is 14.6 Å². The van der Waals surface area contributed by atoms with Crippen LogP contribution in [0.3, 0.4) is 0 Å². The summed E-state index contributed by atoms with van der Waals surface area (Å²) in [5, 5.41) is 9.83. The molecule has 2 aromatic carbocycles. The third-order valence-electron chi connectivity index (χ3n) is 6.96. The van der Waals surface area contributed by atoms with E-state index in [0.29, 0.717) is 5.95 Å². The van der Waals surface area contributed by atoms with Gasteiger partial charge < -0.3 is 9.80 Å². The number of fused-ring (bicyclic) bond motifs is 1. The molecule has 1 aliphatic heterocycles. The van der Waals surface area contributed by atoms with Crippen LogP contribution >= 0.6 is 11.3 Å². The largest absolute Gasteiger partial charge is 0.369 e. The van der Waals surface area contributed by atoms with E-state index in [0.717, 1.165) is 70.9 Å². The molecule has 0 spiro atoms. The Morgan fingerprint density at radius 1 is 0.946 bits per heavy atom. The molecule has 0 amide bonds. The minimum atomic E-state index is -1.00. The van der Waals surface area contributed by atoms with Crippen molar-refractivity contribution in [3.8, 4) is 28.3 Å². The molecular weight excluding hydrogens is 500 g/mol. The molecule has 0 bridgehead atoms. The van der Waals surface area contributed by atoms with Gasteiger partial charge in [-0.15, -0.1) is 0 Å². The first-order chi connectivity index (χ1) is 18.1. The smallest absolute Gasteiger partial charge is 0.251 e. The molecule has 0 saturated carbocycles. The van der Waals surface area contributed by atoms with Crippen LogP contribution in [0.1, 0.15) is 6.92 Å². The summed E-state index contributed by atoms with van der Waals surface area (Å²) >= 11 is 1.66. The van der Waals surface area contributed by atoms with Gasteiger partial charge in [0.05, 0.1) is 17.4 Å². The van der Waals surface area contributed by atoms with Gasteiger partial charge in [-0.1, -0.05) is 19.1 Å². The lowest BCUT2D eigenvalue weighted by Crippen LogP contribution is -2.46. The van der Waals surface area contributed by atoms with Gasteiger partial charge in [0.15, 0.2) is 0 Å². The maximum Gasteiger partial charge on any atom is 0.251 e. The lowest BCUT2D eigenvalue weighted by Gasteiger charge is -2.35. The van der Waals surface area contributed by atoms with Gasteiger partial charge in [0.2, 0.25) is 0 Å². The van der Waals surface area contributed by atoms with Crippen molar-refractivity contribution >= 4 is 38.7 Å². The molecular formula is C28H28N6OS2. The number of thiophene rings is 1. The Labute approximate surface area is 222 Å². The van der Waals surface area contributed by atoms with Crippen LogP contribution in [-0.4, -0.2) is 67.8 Å². The summed E-state index contributed by atoms with van der Waals surface area (Å²) in [6.07, 6.45) is 5.45. The summed E-state index contributed by atoms with van der Waals surface area (Å²) in [5.74, 6) is 0.541. The van der Waals surface area contributed by atoms with Crippen LogP contribution in [0.15, 0.2) is 76.6 Å². The molecule has 188 valence electrons. The summed E-state index contributed by atoms with van der Waals surface area (Å²) < 4.78 is 13.5. The lowest BCUT2D eigenvalue weighted by molar-refractivity contribution is 0.271. The molecule has 37 heavy (non-hydrogen) atoms. The van der Waals surface area contributed by atoms with Gasteiger partial charge in [0, 0.05) is 81.9 Å². The quantitative estimate of drug-likeness (QED) is 0.306. The monoisotopic (exact) mass is 528 g/mol. The van der Waals surface area contributed by atoms with Crippen molar-refractivity contribution in [3.05, 3.63) is 71.7 Å². The van der Waals surface area contributed by atoms with E-state index in [9.17, 15) is 4.21 Å². The number of benzene rings is 2. The van der Waals surface area contributed by atoms with Crippen molar-refractivity contribution in [1.82, 2.24) is 24.6 Å². The van der Waals surface area contributed by atoms with E-state index in [2.05, 4.69) is 56.8 Å². The summed E-state index contributed by atoms with van der Waals surface area (Å²) in [5.41, 5.74) is 6.06. The summed E-state index contributed by atoms with van der Waals surface area (Å²) in [7, 11) is -1.00. The second kappa shape index (κ2) is 10.2. The maximum atomic E-state index is 11.7. The highest BCUT2D eigenvalue weighted by molar-refractivity contribution is 7.84. The Balaban J connectivity index is 1.39. The molecule has 1 atom stereocenters. The summed E-state index contributed by atoms with van der Waals surface area (Å²) in [4.78, 5) is 15.7. The normalized spacial score (nSPS) is 15.4. The summed E-state index contributed by atoms with van der Waals surface area (Å²) in [6.45, 7) is 7.51. The van der Waals surface area contributed by atoms with E-state index in [4.69, 9.17) is 9.97 Å². The first kappa shape index (κ1) is 24.0. The molecule has 0 radical (unpaired) electrons. The Morgan fingerprint density at radius 3 is 2.46 bits per heavy atom. The fraction of sp³-hybridized carbons (Fsp3) is 0.250. The predicted octanol–water partition coefficient (Wildman–Crippen LogP) is 5.09. The van der Waals surface area contributed by atoms with E-state index >= 15 is 0 Å². The average Bonchev–Trinajstić information content (AvgIpc) is 3.65. The Hall–Kier alpha value is -3.40.